The number of hydrazone groups is 1. The van der Waals surface area contributed by atoms with Crippen LogP contribution in [0.5, 0.6) is 0 Å². The second kappa shape index (κ2) is 8.11. The lowest BCUT2D eigenvalue weighted by atomic mass is 9.47. The first-order valence-electron chi connectivity index (χ1n) is 12.5. The van der Waals surface area contributed by atoms with Gasteiger partial charge in [0, 0.05) is 12.1 Å². The van der Waals surface area contributed by atoms with Gasteiger partial charge in [-0.3, -0.25) is 14.4 Å². The van der Waals surface area contributed by atoms with E-state index in [4.69, 9.17) is 4.42 Å². The van der Waals surface area contributed by atoms with Crippen LogP contribution in [0, 0.1) is 18.8 Å². The van der Waals surface area contributed by atoms with E-state index in [0.29, 0.717) is 11.4 Å². The van der Waals surface area contributed by atoms with Gasteiger partial charge < -0.3 is 4.42 Å². The van der Waals surface area contributed by atoms with Crippen molar-refractivity contribution < 1.29 is 18.8 Å². The van der Waals surface area contributed by atoms with Crippen LogP contribution in [-0.4, -0.2) is 23.9 Å². The van der Waals surface area contributed by atoms with Crippen molar-refractivity contribution in [3.63, 3.8) is 0 Å². The lowest BCUT2D eigenvalue weighted by molar-refractivity contribution is -0.122. The van der Waals surface area contributed by atoms with Crippen LogP contribution in [0.2, 0.25) is 0 Å². The first-order chi connectivity index (χ1) is 18.5. The van der Waals surface area contributed by atoms with E-state index >= 15 is 0 Å². The van der Waals surface area contributed by atoms with E-state index in [0.717, 1.165) is 22.3 Å². The fourth-order valence-corrected chi connectivity index (χ4v) is 6.69. The molecule has 4 aliphatic rings. The third-order valence-corrected chi connectivity index (χ3v) is 8.10. The molecule has 0 radical (unpaired) electrons. The zero-order valence-corrected chi connectivity index (χ0v) is 20.5. The van der Waals surface area contributed by atoms with Gasteiger partial charge >= 0.3 is 5.91 Å². The molecular weight excluding hydrogens is 478 g/mol. The second-order valence-electron chi connectivity index (χ2n) is 9.98. The molecule has 1 saturated heterocycles. The summed E-state index contributed by atoms with van der Waals surface area (Å²) in [5.41, 5.74) is 5.93. The standard InChI is InChI=1S/C31H23N3O4/c1-18-15-16-24(38-18)28(35)33-32-17-31-22-13-7-5-11-20(22)25(21-12-6-8-14-23(21)31)26-27(31)30(37)34(29(26)36)19-9-3-2-4-10-19/h2-17,25-27H,1H3,(H,33,35)/b32-17+. The number of imide groups is 1. The van der Waals surface area contributed by atoms with Crippen LogP contribution in [0.3, 0.4) is 0 Å². The largest absolute Gasteiger partial charge is 0.456 e. The minimum absolute atomic E-state index is 0.144. The summed E-state index contributed by atoms with van der Waals surface area (Å²) in [6.07, 6.45) is 1.64. The number of carbonyl (C=O) groups excluding carboxylic acids is 3. The molecular formula is C31H23N3O4. The smallest absolute Gasteiger partial charge is 0.307 e. The van der Waals surface area contributed by atoms with Gasteiger partial charge in [-0.25, -0.2) is 10.3 Å². The van der Waals surface area contributed by atoms with E-state index in [1.165, 1.54) is 4.90 Å². The van der Waals surface area contributed by atoms with Crippen LogP contribution in [0.1, 0.15) is 44.5 Å². The van der Waals surface area contributed by atoms with Crippen molar-refractivity contribution in [3.8, 4) is 0 Å². The highest BCUT2D eigenvalue weighted by molar-refractivity contribution is 6.25. The SMILES string of the molecule is Cc1ccc(C(=O)N/N=C/C23c4ccccc4C(c4ccccc42)C2C(=O)N(c4ccccc4)C(=O)C23)o1. The molecule has 8 rings (SSSR count). The van der Waals surface area contributed by atoms with Crippen LogP contribution in [0.25, 0.3) is 0 Å². The summed E-state index contributed by atoms with van der Waals surface area (Å²) >= 11 is 0. The maximum Gasteiger partial charge on any atom is 0.307 e. The molecule has 7 heteroatoms. The lowest BCUT2D eigenvalue weighted by Crippen LogP contribution is -2.54. The number of hydrogen-bond acceptors (Lipinski definition) is 5. The van der Waals surface area contributed by atoms with Crippen molar-refractivity contribution in [2.24, 2.45) is 16.9 Å². The van der Waals surface area contributed by atoms with E-state index in [1.807, 2.05) is 66.7 Å². The summed E-state index contributed by atoms with van der Waals surface area (Å²) < 4.78 is 5.43. The normalized spacial score (nSPS) is 24.9. The van der Waals surface area contributed by atoms with E-state index in [1.54, 1.807) is 37.4 Å². The van der Waals surface area contributed by atoms with Crippen LogP contribution >= 0.6 is 0 Å². The highest BCUT2D eigenvalue weighted by Gasteiger charge is 2.68. The van der Waals surface area contributed by atoms with E-state index in [-0.39, 0.29) is 23.5 Å². The first-order valence-corrected chi connectivity index (χ1v) is 12.5. The fourth-order valence-electron chi connectivity index (χ4n) is 6.69. The number of amides is 3. The Labute approximate surface area is 218 Å². The predicted molar refractivity (Wildman–Crippen MR) is 141 cm³/mol. The third-order valence-electron chi connectivity index (χ3n) is 8.10. The van der Waals surface area contributed by atoms with Gasteiger partial charge in [-0.2, -0.15) is 5.10 Å². The average Bonchev–Trinajstić information content (AvgIpc) is 3.50. The summed E-state index contributed by atoms with van der Waals surface area (Å²) in [5.74, 6) is -1.77. The zero-order chi connectivity index (χ0) is 26.0. The topological polar surface area (TPSA) is 92.0 Å². The Hall–Kier alpha value is -4.78. The molecule has 3 aromatic carbocycles. The molecule has 2 bridgehead atoms. The summed E-state index contributed by atoms with van der Waals surface area (Å²) in [5, 5.41) is 4.40. The molecule has 1 aliphatic heterocycles. The van der Waals surface area contributed by atoms with Crippen molar-refractivity contribution >= 4 is 29.6 Å². The Morgan fingerprint density at radius 1 is 0.868 bits per heavy atom. The number of carbonyl (C=O) groups is 3. The molecule has 3 amide bonds. The Morgan fingerprint density at radius 3 is 2.13 bits per heavy atom. The average molecular weight is 502 g/mol. The van der Waals surface area contributed by atoms with Gasteiger partial charge in [0.25, 0.3) is 0 Å². The minimum atomic E-state index is -1.05. The summed E-state index contributed by atoms with van der Waals surface area (Å²) in [6, 6.07) is 28.2. The van der Waals surface area contributed by atoms with Gasteiger partial charge in [-0.15, -0.1) is 0 Å². The first kappa shape index (κ1) is 22.4. The van der Waals surface area contributed by atoms with Gasteiger partial charge in [0.15, 0.2) is 5.76 Å². The predicted octanol–water partition coefficient (Wildman–Crippen LogP) is 4.55. The van der Waals surface area contributed by atoms with Crippen LogP contribution in [-0.2, 0) is 15.0 Å². The summed E-state index contributed by atoms with van der Waals surface area (Å²) in [7, 11) is 0. The molecule has 4 aromatic rings. The number of nitrogens with one attached hydrogen (secondary N) is 1. The summed E-state index contributed by atoms with van der Waals surface area (Å²) in [4.78, 5) is 42.3. The Balaban J connectivity index is 1.42. The van der Waals surface area contributed by atoms with Crippen molar-refractivity contribution in [2.45, 2.75) is 18.3 Å². The molecule has 2 unspecified atom stereocenters. The molecule has 7 nitrogen and oxygen atoms in total. The number of nitrogens with zero attached hydrogens (tertiary/aromatic N) is 2. The van der Waals surface area contributed by atoms with Crippen LogP contribution < -0.4 is 10.3 Å². The Kier molecular flexibility index (Phi) is 4.79. The number of furan rings is 1. The molecule has 0 saturated carbocycles. The van der Waals surface area contributed by atoms with E-state index < -0.39 is 23.2 Å². The second-order valence-corrected chi connectivity index (χ2v) is 9.98. The maximum absolute atomic E-state index is 14.2. The van der Waals surface area contributed by atoms with E-state index in [2.05, 4.69) is 10.5 Å². The van der Waals surface area contributed by atoms with Crippen LogP contribution in [0.4, 0.5) is 5.69 Å². The molecule has 2 atom stereocenters. The molecule has 1 aromatic heterocycles. The van der Waals surface area contributed by atoms with Crippen molar-refractivity contribution in [1.29, 1.82) is 0 Å². The molecule has 0 spiro atoms. The number of aryl methyl sites for hydroxylation is 1. The van der Waals surface area contributed by atoms with Gasteiger partial charge in [0.05, 0.1) is 22.9 Å². The molecule has 186 valence electrons. The number of benzene rings is 3. The zero-order valence-electron chi connectivity index (χ0n) is 20.5. The Bertz CT molecular complexity index is 1610. The number of rotatable bonds is 4. The number of anilines is 1. The number of para-hydroxylation sites is 1. The minimum Gasteiger partial charge on any atom is -0.456 e. The molecule has 1 fully saturated rings. The van der Waals surface area contributed by atoms with Gasteiger partial charge in [0.1, 0.15) is 5.76 Å². The van der Waals surface area contributed by atoms with Crippen LogP contribution in [0.15, 0.2) is 101 Å². The van der Waals surface area contributed by atoms with Gasteiger partial charge in [-0.1, -0.05) is 66.7 Å². The molecule has 1 N–H and O–H groups in total. The maximum atomic E-state index is 14.2. The van der Waals surface area contributed by atoms with Crippen molar-refractivity contribution in [3.05, 3.63) is 125 Å². The van der Waals surface area contributed by atoms with E-state index in [9.17, 15) is 14.4 Å². The molecule has 38 heavy (non-hydrogen) atoms. The quantitative estimate of drug-likeness (QED) is 0.252. The van der Waals surface area contributed by atoms with Gasteiger partial charge in [-0.05, 0) is 53.4 Å². The van der Waals surface area contributed by atoms with Crippen molar-refractivity contribution in [2.75, 3.05) is 4.90 Å². The number of hydrogen-bond donors (Lipinski definition) is 1. The monoisotopic (exact) mass is 501 g/mol. The van der Waals surface area contributed by atoms with Crippen molar-refractivity contribution in [1.82, 2.24) is 5.43 Å². The lowest BCUT2D eigenvalue weighted by Gasteiger charge is -2.52. The third kappa shape index (κ3) is 2.90. The Morgan fingerprint density at radius 2 is 1.50 bits per heavy atom. The summed E-state index contributed by atoms with van der Waals surface area (Å²) in [6.45, 7) is 1.76. The fraction of sp³-hybridized carbons (Fsp3) is 0.161. The molecule has 3 aliphatic carbocycles. The highest BCUT2D eigenvalue weighted by atomic mass is 16.3. The van der Waals surface area contributed by atoms with Gasteiger partial charge in [0.2, 0.25) is 11.8 Å². The molecule has 2 heterocycles. The highest BCUT2D eigenvalue weighted by Crippen LogP contribution is 2.63.